The molecule has 5 heteroatoms. The smallest absolute Gasteiger partial charge is 0.214 e. The molecule has 4 nitrogen and oxygen atoms in total. The van der Waals surface area contributed by atoms with Crippen molar-refractivity contribution < 1.29 is 13.5 Å². The van der Waals surface area contributed by atoms with E-state index in [0.717, 1.165) is 19.3 Å². The molecular weight excluding hydrogens is 214 g/mol. The van der Waals surface area contributed by atoms with Crippen molar-refractivity contribution in [2.75, 3.05) is 18.8 Å². The molecule has 1 aliphatic heterocycles. The predicted octanol–water partition coefficient (Wildman–Crippen LogP) is 0.819. The van der Waals surface area contributed by atoms with Crippen LogP contribution in [0.1, 0.15) is 33.1 Å². The summed E-state index contributed by atoms with van der Waals surface area (Å²) in [5, 5.41) is 9.39. The molecule has 0 spiro atoms. The van der Waals surface area contributed by atoms with E-state index < -0.39 is 16.1 Å². The lowest BCUT2D eigenvalue weighted by atomic mass is 10.0. The highest BCUT2D eigenvalue weighted by molar-refractivity contribution is 7.89. The number of unbranched alkanes of at least 4 members (excludes halogenated alkanes) is 1. The van der Waals surface area contributed by atoms with Crippen molar-refractivity contribution in [3.63, 3.8) is 0 Å². The molecule has 90 valence electrons. The van der Waals surface area contributed by atoms with E-state index in [0.29, 0.717) is 13.1 Å². The Morgan fingerprint density at radius 1 is 1.53 bits per heavy atom. The van der Waals surface area contributed by atoms with Crippen molar-refractivity contribution in [2.24, 2.45) is 5.92 Å². The van der Waals surface area contributed by atoms with E-state index in [2.05, 4.69) is 0 Å². The average Bonchev–Trinajstić information content (AvgIpc) is 2.64. The molecule has 1 rings (SSSR count). The summed E-state index contributed by atoms with van der Waals surface area (Å²) in [6, 6.07) is 0. The number of nitrogens with zero attached hydrogens (tertiary/aromatic N) is 1. The van der Waals surface area contributed by atoms with Crippen LogP contribution >= 0.6 is 0 Å². The molecule has 0 aromatic rings. The van der Waals surface area contributed by atoms with Crippen LogP contribution in [-0.4, -0.2) is 42.8 Å². The number of aliphatic hydroxyl groups is 1. The zero-order valence-electron chi connectivity index (χ0n) is 9.52. The zero-order chi connectivity index (χ0) is 11.5. The fraction of sp³-hybridized carbons (Fsp3) is 1.00. The molecule has 1 fully saturated rings. The van der Waals surface area contributed by atoms with Gasteiger partial charge < -0.3 is 5.11 Å². The number of hydrogen-bond donors (Lipinski definition) is 1. The molecule has 1 aliphatic rings. The Labute approximate surface area is 92.3 Å². The lowest BCUT2D eigenvalue weighted by molar-refractivity contribution is 0.133. The number of aliphatic hydroxyl groups excluding tert-OH is 1. The molecule has 2 unspecified atom stereocenters. The fourth-order valence-electron chi connectivity index (χ4n) is 1.86. The molecule has 2 atom stereocenters. The minimum atomic E-state index is -3.07. The second kappa shape index (κ2) is 5.27. The number of hydrogen-bond acceptors (Lipinski definition) is 3. The Bertz CT molecular complexity index is 287. The predicted molar refractivity (Wildman–Crippen MR) is 60.1 cm³/mol. The molecule has 0 aromatic heterocycles. The average molecular weight is 235 g/mol. The minimum absolute atomic E-state index is 0.112. The van der Waals surface area contributed by atoms with Gasteiger partial charge in [0.25, 0.3) is 0 Å². The van der Waals surface area contributed by atoms with E-state index in [4.69, 9.17) is 0 Å². The largest absolute Gasteiger partial charge is 0.393 e. The van der Waals surface area contributed by atoms with Gasteiger partial charge in [-0.25, -0.2) is 12.7 Å². The van der Waals surface area contributed by atoms with Gasteiger partial charge in [-0.05, 0) is 25.7 Å². The van der Waals surface area contributed by atoms with Crippen LogP contribution in [0, 0.1) is 5.92 Å². The molecule has 0 radical (unpaired) electrons. The van der Waals surface area contributed by atoms with Crippen molar-refractivity contribution in [1.29, 1.82) is 0 Å². The Morgan fingerprint density at radius 3 is 2.67 bits per heavy atom. The van der Waals surface area contributed by atoms with Gasteiger partial charge in [0.15, 0.2) is 0 Å². The third-order valence-corrected chi connectivity index (χ3v) is 4.94. The maximum absolute atomic E-state index is 11.8. The summed E-state index contributed by atoms with van der Waals surface area (Å²) >= 11 is 0. The van der Waals surface area contributed by atoms with Crippen LogP contribution in [0.5, 0.6) is 0 Å². The van der Waals surface area contributed by atoms with Gasteiger partial charge in [-0.3, -0.25) is 0 Å². The molecule has 15 heavy (non-hydrogen) atoms. The summed E-state index contributed by atoms with van der Waals surface area (Å²) in [6.45, 7) is 4.77. The van der Waals surface area contributed by atoms with Gasteiger partial charge in [-0.2, -0.15) is 0 Å². The maximum Gasteiger partial charge on any atom is 0.214 e. The van der Waals surface area contributed by atoms with E-state index in [9.17, 15) is 13.5 Å². The molecule has 1 saturated heterocycles. The Balaban J connectivity index is 2.52. The Hall–Kier alpha value is -0.130. The van der Waals surface area contributed by atoms with Gasteiger partial charge in [0, 0.05) is 13.1 Å². The third-order valence-electron chi connectivity index (χ3n) is 3.02. The van der Waals surface area contributed by atoms with E-state index >= 15 is 0 Å². The summed E-state index contributed by atoms with van der Waals surface area (Å²) in [6.07, 6.45) is 1.99. The molecule has 0 amide bonds. The number of rotatable bonds is 5. The molecule has 1 N–H and O–H groups in total. The van der Waals surface area contributed by atoms with Gasteiger partial charge >= 0.3 is 0 Å². The van der Waals surface area contributed by atoms with Crippen molar-refractivity contribution >= 4 is 10.0 Å². The second-order valence-electron chi connectivity index (χ2n) is 4.32. The molecule has 0 bridgehead atoms. The summed E-state index contributed by atoms with van der Waals surface area (Å²) in [5.41, 5.74) is 0. The lowest BCUT2D eigenvalue weighted by Crippen LogP contribution is -2.32. The van der Waals surface area contributed by atoms with Gasteiger partial charge in [-0.15, -0.1) is 0 Å². The van der Waals surface area contributed by atoms with Crippen LogP contribution in [0.25, 0.3) is 0 Å². The summed E-state index contributed by atoms with van der Waals surface area (Å²) < 4.78 is 25.1. The Kier molecular flexibility index (Phi) is 4.55. The van der Waals surface area contributed by atoms with Crippen LogP contribution in [0.3, 0.4) is 0 Å². The fourth-order valence-corrected chi connectivity index (χ4v) is 3.57. The van der Waals surface area contributed by atoms with Crippen molar-refractivity contribution in [3.8, 4) is 0 Å². The van der Waals surface area contributed by atoms with Crippen LogP contribution in [-0.2, 0) is 10.0 Å². The van der Waals surface area contributed by atoms with Crippen LogP contribution < -0.4 is 0 Å². The first-order chi connectivity index (χ1) is 6.97. The summed E-state index contributed by atoms with van der Waals surface area (Å²) in [7, 11) is -3.07. The first-order valence-electron chi connectivity index (χ1n) is 5.63. The normalized spacial score (nSPS) is 25.7. The van der Waals surface area contributed by atoms with Gasteiger partial charge in [0.05, 0.1) is 11.9 Å². The van der Waals surface area contributed by atoms with Gasteiger partial charge in [0.2, 0.25) is 10.0 Å². The highest BCUT2D eigenvalue weighted by Gasteiger charge is 2.32. The SMILES string of the molecule is CCCCS(=O)(=O)N1CCC(C(C)O)C1. The summed E-state index contributed by atoms with van der Waals surface area (Å²) in [4.78, 5) is 0. The maximum atomic E-state index is 11.8. The Morgan fingerprint density at radius 2 is 2.20 bits per heavy atom. The third kappa shape index (κ3) is 3.43. The monoisotopic (exact) mass is 235 g/mol. The van der Waals surface area contributed by atoms with E-state index in [1.807, 2.05) is 6.92 Å². The number of sulfonamides is 1. The standard InChI is InChI=1S/C10H21NO3S/c1-3-4-7-15(13,14)11-6-5-10(8-11)9(2)12/h9-10,12H,3-8H2,1-2H3. The lowest BCUT2D eigenvalue weighted by Gasteiger charge is -2.17. The molecular formula is C10H21NO3S. The van der Waals surface area contributed by atoms with E-state index in [-0.39, 0.29) is 11.7 Å². The van der Waals surface area contributed by atoms with Gasteiger partial charge in [0.1, 0.15) is 0 Å². The highest BCUT2D eigenvalue weighted by atomic mass is 32.2. The molecule has 0 aromatic carbocycles. The van der Waals surface area contributed by atoms with Gasteiger partial charge in [-0.1, -0.05) is 13.3 Å². The molecule has 0 saturated carbocycles. The first kappa shape index (κ1) is 12.9. The van der Waals surface area contributed by atoms with Crippen LogP contribution in [0.15, 0.2) is 0 Å². The van der Waals surface area contributed by atoms with E-state index in [1.54, 1.807) is 6.92 Å². The minimum Gasteiger partial charge on any atom is -0.393 e. The second-order valence-corrected chi connectivity index (χ2v) is 6.41. The van der Waals surface area contributed by atoms with E-state index in [1.165, 1.54) is 4.31 Å². The molecule has 1 heterocycles. The zero-order valence-corrected chi connectivity index (χ0v) is 10.3. The summed E-state index contributed by atoms with van der Waals surface area (Å²) in [5.74, 6) is 0.358. The quantitative estimate of drug-likeness (QED) is 0.767. The van der Waals surface area contributed by atoms with Crippen molar-refractivity contribution in [2.45, 2.75) is 39.2 Å². The highest BCUT2D eigenvalue weighted by Crippen LogP contribution is 2.22. The molecule has 0 aliphatic carbocycles. The van der Waals surface area contributed by atoms with Crippen molar-refractivity contribution in [1.82, 2.24) is 4.31 Å². The van der Waals surface area contributed by atoms with Crippen LogP contribution in [0.2, 0.25) is 0 Å². The van der Waals surface area contributed by atoms with Crippen molar-refractivity contribution in [3.05, 3.63) is 0 Å². The topological polar surface area (TPSA) is 57.6 Å². The van der Waals surface area contributed by atoms with Crippen LogP contribution in [0.4, 0.5) is 0 Å². The first-order valence-corrected chi connectivity index (χ1v) is 7.24.